The van der Waals surface area contributed by atoms with Gasteiger partial charge >= 0.3 is 0 Å². The Kier molecular flexibility index (Phi) is 5.70. The monoisotopic (exact) mass is 235 g/mol. The van der Waals surface area contributed by atoms with E-state index >= 15 is 0 Å². The van der Waals surface area contributed by atoms with E-state index in [1.54, 1.807) is 0 Å². The molecule has 0 aromatic heterocycles. The second-order valence-electron chi connectivity index (χ2n) is 4.20. The van der Waals surface area contributed by atoms with Crippen LogP contribution in [0.3, 0.4) is 0 Å². The van der Waals surface area contributed by atoms with Gasteiger partial charge in [-0.25, -0.2) is 0 Å². The van der Waals surface area contributed by atoms with Crippen molar-refractivity contribution in [1.29, 1.82) is 0 Å². The van der Waals surface area contributed by atoms with Crippen LogP contribution >= 0.6 is 0 Å². The average molecular weight is 235 g/mol. The van der Waals surface area contributed by atoms with E-state index in [2.05, 4.69) is 12.2 Å². The molecule has 0 aliphatic rings. The molecule has 1 aromatic carbocycles. The van der Waals surface area contributed by atoms with Gasteiger partial charge in [-0.05, 0) is 37.7 Å². The van der Waals surface area contributed by atoms with Crippen molar-refractivity contribution in [3.05, 3.63) is 29.8 Å². The van der Waals surface area contributed by atoms with Crippen LogP contribution in [0, 0.1) is 5.92 Å². The standard InChI is InChI=1S/C14H21NO2/c1-4-9-17-13-7-5-12(6-8-13)14(16)11(2)10-15-3/h5-8,11,15H,4,9-10H2,1-3H3. The van der Waals surface area contributed by atoms with Crippen molar-refractivity contribution in [2.75, 3.05) is 20.2 Å². The Bertz CT molecular complexity index is 346. The fourth-order valence-electron chi connectivity index (χ4n) is 1.62. The quantitative estimate of drug-likeness (QED) is 0.738. The molecule has 0 radical (unpaired) electrons. The Balaban J connectivity index is 2.63. The summed E-state index contributed by atoms with van der Waals surface area (Å²) in [7, 11) is 1.85. The van der Waals surface area contributed by atoms with Gasteiger partial charge in [0.1, 0.15) is 5.75 Å². The molecule has 0 fully saturated rings. The second-order valence-corrected chi connectivity index (χ2v) is 4.20. The van der Waals surface area contributed by atoms with Gasteiger partial charge in [-0.15, -0.1) is 0 Å². The van der Waals surface area contributed by atoms with Crippen molar-refractivity contribution < 1.29 is 9.53 Å². The van der Waals surface area contributed by atoms with Crippen LogP contribution in [0.25, 0.3) is 0 Å². The first-order valence-electron chi connectivity index (χ1n) is 6.10. The first kappa shape index (κ1) is 13.7. The fourth-order valence-corrected chi connectivity index (χ4v) is 1.62. The minimum atomic E-state index is 0.00223. The summed E-state index contributed by atoms with van der Waals surface area (Å²) in [6.45, 7) is 5.41. The number of ketones is 1. The van der Waals surface area contributed by atoms with Crippen molar-refractivity contribution in [3.63, 3.8) is 0 Å². The summed E-state index contributed by atoms with van der Waals surface area (Å²) in [5.74, 6) is 0.994. The summed E-state index contributed by atoms with van der Waals surface area (Å²) in [4.78, 5) is 12.0. The molecule has 3 nitrogen and oxygen atoms in total. The van der Waals surface area contributed by atoms with Crippen LogP contribution in [0.5, 0.6) is 5.75 Å². The third-order valence-electron chi connectivity index (χ3n) is 2.57. The average Bonchev–Trinajstić information content (AvgIpc) is 2.36. The Morgan fingerprint density at radius 2 is 2.00 bits per heavy atom. The lowest BCUT2D eigenvalue weighted by atomic mass is 9.99. The summed E-state index contributed by atoms with van der Waals surface area (Å²) < 4.78 is 5.47. The highest BCUT2D eigenvalue weighted by Gasteiger charge is 2.13. The normalized spacial score (nSPS) is 12.2. The highest BCUT2D eigenvalue weighted by molar-refractivity contribution is 5.97. The van der Waals surface area contributed by atoms with Crippen molar-refractivity contribution >= 4 is 5.78 Å². The number of Topliss-reactive ketones (excluding diaryl/α,β-unsaturated/α-hetero) is 1. The van der Waals surface area contributed by atoms with Gasteiger partial charge in [0.05, 0.1) is 6.61 Å². The molecule has 94 valence electrons. The maximum atomic E-state index is 12.0. The molecule has 1 rings (SSSR count). The van der Waals surface area contributed by atoms with E-state index in [0.717, 1.165) is 17.7 Å². The molecule has 0 aliphatic heterocycles. The molecule has 0 saturated carbocycles. The molecule has 0 bridgehead atoms. The summed E-state index contributed by atoms with van der Waals surface area (Å²) in [6.07, 6.45) is 0.986. The predicted octanol–water partition coefficient (Wildman–Crippen LogP) is 2.51. The van der Waals surface area contributed by atoms with Crippen LogP contribution in [0.4, 0.5) is 0 Å². The van der Waals surface area contributed by atoms with Crippen molar-refractivity contribution in [1.82, 2.24) is 5.32 Å². The second kappa shape index (κ2) is 7.07. The smallest absolute Gasteiger partial charge is 0.166 e. The van der Waals surface area contributed by atoms with E-state index in [-0.39, 0.29) is 11.7 Å². The number of carbonyl (C=O) groups excluding carboxylic acids is 1. The minimum absolute atomic E-state index is 0.00223. The third-order valence-corrected chi connectivity index (χ3v) is 2.57. The topological polar surface area (TPSA) is 38.3 Å². The number of nitrogens with one attached hydrogen (secondary N) is 1. The lowest BCUT2D eigenvalue weighted by molar-refractivity contribution is 0.0930. The number of benzene rings is 1. The van der Waals surface area contributed by atoms with E-state index in [1.807, 2.05) is 38.2 Å². The fraction of sp³-hybridized carbons (Fsp3) is 0.500. The van der Waals surface area contributed by atoms with Gasteiger partial charge < -0.3 is 10.1 Å². The molecule has 1 aromatic rings. The zero-order valence-corrected chi connectivity index (χ0v) is 10.8. The van der Waals surface area contributed by atoms with E-state index in [9.17, 15) is 4.79 Å². The van der Waals surface area contributed by atoms with Crippen molar-refractivity contribution in [2.24, 2.45) is 5.92 Å². The van der Waals surface area contributed by atoms with E-state index < -0.39 is 0 Å². The summed E-state index contributed by atoms with van der Waals surface area (Å²) >= 11 is 0. The number of hydrogen-bond acceptors (Lipinski definition) is 3. The molecule has 0 amide bonds. The zero-order chi connectivity index (χ0) is 12.7. The van der Waals surface area contributed by atoms with Gasteiger partial charge in [0.25, 0.3) is 0 Å². The molecule has 0 heterocycles. The maximum absolute atomic E-state index is 12.0. The first-order chi connectivity index (χ1) is 8.19. The largest absolute Gasteiger partial charge is 0.494 e. The Hall–Kier alpha value is -1.35. The molecular formula is C14H21NO2. The SMILES string of the molecule is CCCOc1ccc(C(=O)C(C)CNC)cc1. The molecule has 1 atom stereocenters. The molecule has 0 aliphatic carbocycles. The Morgan fingerprint density at radius 3 is 2.53 bits per heavy atom. The van der Waals surface area contributed by atoms with Gasteiger partial charge in [0.2, 0.25) is 0 Å². The molecule has 0 saturated heterocycles. The Labute approximate surface area is 103 Å². The summed E-state index contributed by atoms with van der Waals surface area (Å²) in [5, 5.41) is 3.01. The van der Waals surface area contributed by atoms with E-state index in [0.29, 0.717) is 13.2 Å². The molecule has 17 heavy (non-hydrogen) atoms. The molecule has 0 spiro atoms. The van der Waals surface area contributed by atoms with Gasteiger partial charge in [-0.3, -0.25) is 4.79 Å². The predicted molar refractivity (Wildman–Crippen MR) is 69.6 cm³/mol. The van der Waals surface area contributed by atoms with Crippen LogP contribution < -0.4 is 10.1 Å². The van der Waals surface area contributed by atoms with Crippen molar-refractivity contribution in [3.8, 4) is 5.75 Å². The summed E-state index contributed by atoms with van der Waals surface area (Å²) in [6, 6.07) is 7.38. The van der Waals surface area contributed by atoms with Crippen LogP contribution in [-0.2, 0) is 0 Å². The van der Waals surface area contributed by atoms with Gasteiger partial charge in [0.15, 0.2) is 5.78 Å². The molecular weight excluding hydrogens is 214 g/mol. The number of ether oxygens (including phenoxy) is 1. The minimum Gasteiger partial charge on any atom is -0.494 e. The zero-order valence-electron chi connectivity index (χ0n) is 10.8. The number of rotatable bonds is 7. The van der Waals surface area contributed by atoms with Crippen LogP contribution in [0.2, 0.25) is 0 Å². The highest BCUT2D eigenvalue weighted by atomic mass is 16.5. The van der Waals surface area contributed by atoms with E-state index in [1.165, 1.54) is 0 Å². The molecule has 1 N–H and O–H groups in total. The third kappa shape index (κ3) is 4.19. The van der Waals surface area contributed by atoms with Crippen LogP contribution in [0.1, 0.15) is 30.6 Å². The lowest BCUT2D eigenvalue weighted by Gasteiger charge is -2.10. The highest BCUT2D eigenvalue weighted by Crippen LogP contribution is 2.15. The number of hydrogen-bond donors (Lipinski definition) is 1. The maximum Gasteiger partial charge on any atom is 0.166 e. The van der Waals surface area contributed by atoms with Crippen molar-refractivity contribution in [2.45, 2.75) is 20.3 Å². The Morgan fingerprint density at radius 1 is 1.35 bits per heavy atom. The lowest BCUT2D eigenvalue weighted by Crippen LogP contribution is -2.23. The van der Waals surface area contributed by atoms with Crippen LogP contribution in [0.15, 0.2) is 24.3 Å². The van der Waals surface area contributed by atoms with Gasteiger partial charge in [-0.1, -0.05) is 13.8 Å². The first-order valence-corrected chi connectivity index (χ1v) is 6.10. The number of carbonyl (C=O) groups is 1. The van der Waals surface area contributed by atoms with Gasteiger partial charge in [0, 0.05) is 18.0 Å². The van der Waals surface area contributed by atoms with E-state index in [4.69, 9.17) is 4.74 Å². The van der Waals surface area contributed by atoms with Crippen LogP contribution in [-0.4, -0.2) is 26.0 Å². The van der Waals surface area contributed by atoms with Gasteiger partial charge in [-0.2, -0.15) is 0 Å². The summed E-state index contributed by atoms with van der Waals surface area (Å²) in [5.41, 5.74) is 0.747. The molecule has 3 heteroatoms. The molecule has 1 unspecified atom stereocenters.